The molecule has 4 heteroatoms. The summed E-state index contributed by atoms with van der Waals surface area (Å²) >= 11 is 5.81. The Morgan fingerprint density at radius 1 is 1.10 bits per heavy atom. The van der Waals surface area contributed by atoms with E-state index in [9.17, 15) is 9.59 Å². The Kier molecular flexibility index (Phi) is 5.91. The first-order valence-electron chi connectivity index (χ1n) is 6.89. The highest BCUT2D eigenvalue weighted by atomic mass is 35.5. The van der Waals surface area contributed by atoms with Crippen molar-refractivity contribution in [2.24, 2.45) is 7.05 Å². The third-order valence-corrected chi connectivity index (χ3v) is 3.36. The zero-order chi connectivity index (χ0) is 16.2. The molecular formula is C17H20ClNO2. The first-order chi connectivity index (χ1) is 9.91. The molecule has 2 aromatic rings. The molecule has 0 bridgehead atoms. The summed E-state index contributed by atoms with van der Waals surface area (Å²) in [6.07, 6.45) is 0. The molecule has 2 rings (SSSR count). The van der Waals surface area contributed by atoms with E-state index in [1.807, 2.05) is 20.8 Å². The second kappa shape index (κ2) is 7.23. The molecule has 0 aliphatic heterocycles. The van der Waals surface area contributed by atoms with Gasteiger partial charge in [-0.05, 0) is 42.8 Å². The van der Waals surface area contributed by atoms with Gasteiger partial charge in [-0.1, -0.05) is 25.4 Å². The Morgan fingerprint density at radius 2 is 1.62 bits per heavy atom. The minimum absolute atomic E-state index is 0.0549. The number of halogens is 1. The van der Waals surface area contributed by atoms with Gasteiger partial charge < -0.3 is 4.57 Å². The van der Waals surface area contributed by atoms with Gasteiger partial charge in [0.1, 0.15) is 0 Å². The van der Waals surface area contributed by atoms with Crippen molar-refractivity contribution in [1.82, 2.24) is 4.57 Å². The van der Waals surface area contributed by atoms with Crippen molar-refractivity contribution in [3.63, 3.8) is 0 Å². The molecule has 0 fully saturated rings. The van der Waals surface area contributed by atoms with Crippen LogP contribution < -0.4 is 0 Å². The largest absolute Gasteiger partial charge is 0.338 e. The Labute approximate surface area is 130 Å². The highest BCUT2D eigenvalue weighted by molar-refractivity contribution is 6.30. The molecule has 3 nitrogen and oxygen atoms in total. The normalized spacial score (nSPS) is 9.81. The average molecular weight is 306 g/mol. The number of hydrogen-bond acceptors (Lipinski definition) is 2. The lowest BCUT2D eigenvalue weighted by molar-refractivity contribution is 0.100. The van der Waals surface area contributed by atoms with Crippen LogP contribution in [0, 0.1) is 6.92 Å². The molecule has 1 aromatic carbocycles. The molecular weight excluding hydrogens is 286 g/mol. The summed E-state index contributed by atoms with van der Waals surface area (Å²) in [7, 11) is 1.73. The van der Waals surface area contributed by atoms with Crippen LogP contribution in [0.25, 0.3) is 0 Å². The van der Waals surface area contributed by atoms with Gasteiger partial charge in [-0.3, -0.25) is 9.59 Å². The van der Waals surface area contributed by atoms with Crippen molar-refractivity contribution in [1.29, 1.82) is 0 Å². The van der Waals surface area contributed by atoms with Crippen LogP contribution in [0.1, 0.15) is 52.9 Å². The van der Waals surface area contributed by atoms with E-state index in [2.05, 4.69) is 0 Å². The molecule has 112 valence electrons. The maximum absolute atomic E-state index is 12.5. The molecule has 0 saturated carbocycles. The van der Waals surface area contributed by atoms with Crippen LogP contribution in [-0.2, 0) is 7.05 Å². The van der Waals surface area contributed by atoms with Crippen LogP contribution in [0.2, 0.25) is 5.02 Å². The third kappa shape index (κ3) is 3.61. The summed E-state index contributed by atoms with van der Waals surface area (Å²) in [6.45, 7) is 7.32. The van der Waals surface area contributed by atoms with Crippen LogP contribution in [0.3, 0.4) is 0 Å². The van der Waals surface area contributed by atoms with E-state index in [1.54, 1.807) is 41.9 Å². The van der Waals surface area contributed by atoms with Gasteiger partial charge in [0.2, 0.25) is 5.78 Å². The number of rotatable bonds is 3. The lowest BCUT2D eigenvalue weighted by Gasteiger charge is -2.06. The van der Waals surface area contributed by atoms with E-state index in [1.165, 1.54) is 6.92 Å². The summed E-state index contributed by atoms with van der Waals surface area (Å²) in [6, 6.07) is 8.47. The summed E-state index contributed by atoms with van der Waals surface area (Å²) < 4.78 is 1.65. The molecule has 0 aliphatic rings. The zero-order valence-electron chi connectivity index (χ0n) is 13.0. The molecule has 0 unspecified atom stereocenters. The topological polar surface area (TPSA) is 39.1 Å². The number of Topliss-reactive ketones (excluding diaryl/α,β-unsaturated/α-hetero) is 1. The van der Waals surface area contributed by atoms with Crippen molar-refractivity contribution in [3.05, 3.63) is 57.9 Å². The van der Waals surface area contributed by atoms with Crippen LogP contribution in [0.5, 0.6) is 0 Å². The lowest BCUT2D eigenvalue weighted by Crippen LogP contribution is -2.11. The number of benzene rings is 1. The minimum Gasteiger partial charge on any atom is -0.338 e. The summed E-state index contributed by atoms with van der Waals surface area (Å²) in [5.41, 5.74) is 2.43. The number of carbonyl (C=O) groups is 2. The van der Waals surface area contributed by atoms with Crippen LogP contribution >= 0.6 is 11.6 Å². The van der Waals surface area contributed by atoms with Crippen molar-refractivity contribution in [3.8, 4) is 0 Å². The van der Waals surface area contributed by atoms with Crippen molar-refractivity contribution in [2.75, 3.05) is 0 Å². The predicted octanol–water partition coefficient (Wildman–Crippen LogP) is 4.45. The fourth-order valence-electron chi connectivity index (χ4n) is 2.16. The predicted molar refractivity (Wildman–Crippen MR) is 86.4 cm³/mol. The molecule has 0 atom stereocenters. The second-order valence-corrected chi connectivity index (χ2v) is 4.95. The van der Waals surface area contributed by atoms with Gasteiger partial charge in [0, 0.05) is 24.6 Å². The number of aromatic nitrogens is 1. The zero-order valence-corrected chi connectivity index (χ0v) is 13.8. The number of carbonyl (C=O) groups excluding carboxylic acids is 2. The SMILES string of the molecule is CC.CC(=O)c1cc(C)c(C(=O)c2ccc(Cl)cc2)n1C. The van der Waals surface area contributed by atoms with Crippen molar-refractivity contribution >= 4 is 23.2 Å². The van der Waals surface area contributed by atoms with E-state index in [0.717, 1.165) is 5.56 Å². The van der Waals surface area contributed by atoms with Gasteiger partial charge in [-0.25, -0.2) is 0 Å². The molecule has 0 saturated heterocycles. The van der Waals surface area contributed by atoms with E-state index >= 15 is 0 Å². The molecule has 0 amide bonds. The number of ketones is 2. The Hall–Kier alpha value is -1.87. The molecule has 0 spiro atoms. The van der Waals surface area contributed by atoms with Gasteiger partial charge in [0.15, 0.2) is 5.78 Å². The van der Waals surface area contributed by atoms with Crippen molar-refractivity contribution in [2.45, 2.75) is 27.7 Å². The first-order valence-corrected chi connectivity index (χ1v) is 7.27. The Bertz CT molecular complexity index is 654. The smallest absolute Gasteiger partial charge is 0.209 e. The van der Waals surface area contributed by atoms with Gasteiger partial charge in [0.05, 0.1) is 11.4 Å². The Balaban J connectivity index is 0.00000106. The standard InChI is InChI=1S/C15H14ClNO2.C2H6/c1-9-8-13(10(2)18)17(3)14(9)15(19)11-4-6-12(16)7-5-11;1-2/h4-8H,1-3H3;1-2H3. The fraction of sp³-hybridized carbons (Fsp3) is 0.294. The van der Waals surface area contributed by atoms with Gasteiger partial charge in [0.25, 0.3) is 0 Å². The molecule has 0 radical (unpaired) electrons. The quantitative estimate of drug-likeness (QED) is 0.786. The van der Waals surface area contributed by atoms with Crippen molar-refractivity contribution < 1.29 is 9.59 Å². The number of nitrogens with zero attached hydrogens (tertiary/aromatic N) is 1. The van der Waals surface area contributed by atoms with Gasteiger partial charge >= 0.3 is 0 Å². The fourth-order valence-corrected chi connectivity index (χ4v) is 2.29. The van der Waals surface area contributed by atoms with Gasteiger partial charge in [-0.15, -0.1) is 0 Å². The molecule has 21 heavy (non-hydrogen) atoms. The van der Waals surface area contributed by atoms with Gasteiger partial charge in [-0.2, -0.15) is 0 Å². The lowest BCUT2D eigenvalue weighted by atomic mass is 10.1. The monoisotopic (exact) mass is 305 g/mol. The maximum atomic E-state index is 12.5. The maximum Gasteiger partial charge on any atom is 0.209 e. The second-order valence-electron chi connectivity index (χ2n) is 4.51. The summed E-state index contributed by atoms with van der Waals surface area (Å²) in [5, 5.41) is 0.588. The van der Waals surface area contributed by atoms with Crippen LogP contribution in [-0.4, -0.2) is 16.1 Å². The Morgan fingerprint density at radius 3 is 2.05 bits per heavy atom. The van der Waals surface area contributed by atoms with E-state index in [-0.39, 0.29) is 11.6 Å². The highest BCUT2D eigenvalue weighted by Crippen LogP contribution is 2.19. The highest BCUT2D eigenvalue weighted by Gasteiger charge is 2.19. The summed E-state index contributed by atoms with van der Waals surface area (Å²) in [5.74, 6) is -0.162. The van der Waals surface area contributed by atoms with Crippen LogP contribution in [0.15, 0.2) is 30.3 Å². The summed E-state index contributed by atoms with van der Waals surface area (Å²) in [4.78, 5) is 23.9. The van der Waals surface area contributed by atoms with E-state index < -0.39 is 0 Å². The average Bonchev–Trinajstić information content (AvgIpc) is 2.76. The molecule has 1 aromatic heterocycles. The molecule has 1 heterocycles. The first kappa shape index (κ1) is 17.2. The minimum atomic E-state index is -0.107. The van der Waals surface area contributed by atoms with E-state index in [4.69, 9.17) is 11.6 Å². The third-order valence-electron chi connectivity index (χ3n) is 3.11. The molecule has 0 aliphatic carbocycles. The molecule has 0 N–H and O–H groups in total. The van der Waals surface area contributed by atoms with E-state index in [0.29, 0.717) is 22.0 Å². The number of hydrogen-bond donors (Lipinski definition) is 0. The van der Waals surface area contributed by atoms with Crippen LogP contribution in [0.4, 0.5) is 0 Å². The number of aryl methyl sites for hydroxylation is 1.